The Hall–Kier alpha value is -3.50. The highest BCUT2D eigenvalue weighted by molar-refractivity contribution is 7.89. The normalized spacial score (nSPS) is 14.9. The summed E-state index contributed by atoms with van der Waals surface area (Å²) in [7, 11) is -2.53. The zero-order chi connectivity index (χ0) is 19.9. The second kappa shape index (κ2) is 7.49. The molecule has 0 atom stereocenters. The fraction of sp³-hybridized carbons (Fsp3) is 0.105. The maximum atomic E-state index is 13.2. The number of para-hydroxylation sites is 1. The number of hydrazine groups is 1. The van der Waals surface area contributed by atoms with Crippen molar-refractivity contribution in [3.63, 3.8) is 0 Å². The van der Waals surface area contributed by atoms with Crippen LogP contribution in [0.5, 0.6) is 5.75 Å². The molecule has 3 N–H and O–H groups in total. The summed E-state index contributed by atoms with van der Waals surface area (Å²) in [5, 5.41) is 1.20. The largest absolute Gasteiger partial charge is 0.494 e. The van der Waals surface area contributed by atoms with Gasteiger partial charge in [0.2, 0.25) is 5.96 Å². The van der Waals surface area contributed by atoms with Gasteiger partial charge >= 0.3 is 0 Å². The van der Waals surface area contributed by atoms with Gasteiger partial charge in [0.25, 0.3) is 15.9 Å². The first-order chi connectivity index (χ1) is 13.4. The van der Waals surface area contributed by atoms with Crippen LogP contribution in [0.2, 0.25) is 0 Å². The first kappa shape index (κ1) is 20.2. The number of carbonyl (C=O) groups is 1. The number of ether oxygens (including phenoxy) is 1. The summed E-state index contributed by atoms with van der Waals surface area (Å²) in [4.78, 5) is 23.7. The zero-order valence-electron chi connectivity index (χ0n) is 14.7. The molecule has 1 aromatic heterocycles. The maximum absolute atomic E-state index is 13.2. The van der Waals surface area contributed by atoms with Crippen molar-refractivity contribution < 1.29 is 17.9 Å². The number of nitrogens with one attached hydrogen (secondary N) is 1. The van der Waals surface area contributed by atoms with Crippen LogP contribution in [0.1, 0.15) is 17.8 Å². The summed E-state index contributed by atoms with van der Waals surface area (Å²) >= 11 is 0. The van der Waals surface area contributed by atoms with E-state index >= 15 is 0 Å². The lowest BCUT2D eigenvalue weighted by molar-refractivity contribution is 0.0825. The SMILES string of the molecule is C.COc1cccc2c(C(=O)N3NS(=O)(=O)c4cccc(c4)N=C3N)ccnc12. The minimum Gasteiger partial charge on any atom is -0.494 e. The average molecular weight is 413 g/mol. The Labute approximate surface area is 167 Å². The number of amides is 1. The zero-order valence-corrected chi connectivity index (χ0v) is 15.5. The van der Waals surface area contributed by atoms with E-state index < -0.39 is 15.9 Å². The van der Waals surface area contributed by atoms with Gasteiger partial charge in [0.1, 0.15) is 11.3 Å². The highest BCUT2D eigenvalue weighted by Gasteiger charge is 2.29. The van der Waals surface area contributed by atoms with E-state index in [2.05, 4.69) is 14.8 Å². The van der Waals surface area contributed by atoms with Gasteiger partial charge in [0.15, 0.2) is 0 Å². The van der Waals surface area contributed by atoms with Crippen LogP contribution < -0.4 is 15.3 Å². The summed E-state index contributed by atoms with van der Waals surface area (Å²) < 4.78 is 30.5. The Bertz CT molecular complexity index is 1240. The molecule has 0 unspecified atom stereocenters. The maximum Gasteiger partial charge on any atom is 0.276 e. The molecular weight excluding hydrogens is 394 g/mol. The van der Waals surface area contributed by atoms with Crippen molar-refractivity contribution >= 4 is 38.5 Å². The molecular formula is C19H19N5O4S. The fourth-order valence-electron chi connectivity index (χ4n) is 2.89. The predicted molar refractivity (Wildman–Crippen MR) is 109 cm³/mol. The molecule has 0 saturated heterocycles. The topological polar surface area (TPSA) is 127 Å². The van der Waals surface area contributed by atoms with Gasteiger partial charge in [-0.05, 0) is 30.3 Å². The van der Waals surface area contributed by atoms with Crippen LogP contribution in [0, 0.1) is 0 Å². The van der Waals surface area contributed by atoms with Crippen molar-refractivity contribution in [1.29, 1.82) is 0 Å². The summed E-state index contributed by atoms with van der Waals surface area (Å²) in [6.45, 7) is 0. The summed E-state index contributed by atoms with van der Waals surface area (Å²) in [5.74, 6) is -0.522. The Balaban J connectivity index is 0.00000240. The number of carbonyl (C=O) groups excluding carboxylic acids is 1. The van der Waals surface area contributed by atoms with Gasteiger partial charge in [0.05, 0.1) is 23.3 Å². The van der Waals surface area contributed by atoms with Crippen molar-refractivity contribution in [1.82, 2.24) is 14.8 Å². The molecule has 1 aliphatic heterocycles. The first-order valence-corrected chi connectivity index (χ1v) is 9.62. The number of benzene rings is 2. The highest BCUT2D eigenvalue weighted by atomic mass is 32.2. The quantitative estimate of drug-likeness (QED) is 0.663. The van der Waals surface area contributed by atoms with Crippen molar-refractivity contribution in [2.24, 2.45) is 10.7 Å². The van der Waals surface area contributed by atoms with Crippen LogP contribution >= 0.6 is 0 Å². The average Bonchev–Trinajstić information content (AvgIpc) is 2.70. The molecule has 1 aliphatic rings. The monoisotopic (exact) mass is 413 g/mol. The summed E-state index contributed by atoms with van der Waals surface area (Å²) in [5.41, 5.74) is 6.91. The number of rotatable bonds is 2. The lowest BCUT2D eigenvalue weighted by atomic mass is 10.1. The number of methoxy groups -OCH3 is 1. The molecule has 29 heavy (non-hydrogen) atoms. The molecule has 0 saturated carbocycles. The van der Waals surface area contributed by atoms with E-state index in [1.165, 1.54) is 31.5 Å². The van der Waals surface area contributed by atoms with Gasteiger partial charge in [0, 0.05) is 11.6 Å². The Morgan fingerprint density at radius 1 is 1.17 bits per heavy atom. The summed E-state index contributed by atoms with van der Waals surface area (Å²) in [6.07, 6.45) is 1.44. The molecule has 150 valence electrons. The molecule has 4 rings (SSSR count). The third-order valence-electron chi connectivity index (χ3n) is 4.20. The van der Waals surface area contributed by atoms with Gasteiger partial charge in [-0.1, -0.05) is 25.6 Å². The van der Waals surface area contributed by atoms with Crippen LogP contribution in [0.4, 0.5) is 5.69 Å². The van der Waals surface area contributed by atoms with Crippen LogP contribution in [-0.2, 0) is 10.0 Å². The predicted octanol–water partition coefficient (Wildman–Crippen LogP) is 2.17. The minimum atomic E-state index is -4.03. The van der Waals surface area contributed by atoms with Gasteiger partial charge in [-0.25, -0.2) is 13.4 Å². The van der Waals surface area contributed by atoms with Crippen LogP contribution in [-0.4, -0.2) is 37.4 Å². The lowest BCUT2D eigenvalue weighted by Crippen LogP contribution is -2.53. The van der Waals surface area contributed by atoms with Crippen LogP contribution in [0.3, 0.4) is 0 Å². The molecule has 1 amide bonds. The molecule has 0 radical (unpaired) electrons. The molecule has 3 aromatic rings. The van der Waals surface area contributed by atoms with Gasteiger partial charge in [-0.3, -0.25) is 9.78 Å². The van der Waals surface area contributed by atoms with Crippen LogP contribution in [0.25, 0.3) is 10.9 Å². The number of aromatic nitrogens is 1. The number of nitrogens with two attached hydrogens (primary N) is 1. The molecule has 10 heteroatoms. The first-order valence-electron chi connectivity index (χ1n) is 8.13. The fourth-order valence-corrected chi connectivity index (χ4v) is 3.94. The molecule has 2 bridgehead atoms. The minimum absolute atomic E-state index is 0. The molecule has 2 aromatic carbocycles. The number of nitrogens with zero attached hydrogens (tertiary/aromatic N) is 3. The second-order valence-corrected chi connectivity index (χ2v) is 7.58. The lowest BCUT2D eigenvalue weighted by Gasteiger charge is -2.24. The number of hydrogen-bond acceptors (Lipinski definition) is 7. The number of guanidine groups is 1. The van der Waals surface area contributed by atoms with Crippen molar-refractivity contribution in [3.05, 3.63) is 60.3 Å². The standard InChI is InChI=1S/C18H15N5O4S.CH4/c1-27-15-7-3-6-13-14(8-9-20-16(13)15)17(24)23-18(19)21-11-4-2-5-12(10-11)28(25,26)22-23;/h2-10,22H,1H3,(H2,19,21);1H4. The van der Waals surface area contributed by atoms with Gasteiger partial charge in [-0.15, -0.1) is 4.83 Å². The smallest absolute Gasteiger partial charge is 0.276 e. The van der Waals surface area contributed by atoms with Crippen LogP contribution in [0.15, 0.2) is 64.6 Å². The van der Waals surface area contributed by atoms with E-state index in [0.717, 1.165) is 0 Å². The number of pyridine rings is 1. The van der Waals surface area contributed by atoms with Gasteiger partial charge < -0.3 is 10.5 Å². The van der Waals surface area contributed by atoms with E-state index in [1.54, 1.807) is 30.3 Å². The van der Waals surface area contributed by atoms with Crippen molar-refractivity contribution in [2.45, 2.75) is 12.3 Å². The Kier molecular flexibility index (Phi) is 5.23. The number of aliphatic imine (C=N–C) groups is 1. The summed E-state index contributed by atoms with van der Waals surface area (Å²) in [6, 6.07) is 12.5. The van der Waals surface area contributed by atoms with E-state index in [0.29, 0.717) is 27.3 Å². The molecule has 2 heterocycles. The second-order valence-electron chi connectivity index (χ2n) is 5.92. The molecule has 0 aliphatic carbocycles. The Morgan fingerprint density at radius 2 is 1.93 bits per heavy atom. The van der Waals surface area contributed by atoms with Crippen molar-refractivity contribution in [2.75, 3.05) is 7.11 Å². The molecule has 0 fully saturated rings. The number of hydrogen-bond donors (Lipinski definition) is 2. The van der Waals surface area contributed by atoms with E-state index in [4.69, 9.17) is 10.5 Å². The van der Waals surface area contributed by atoms with E-state index in [1.807, 2.05) is 0 Å². The Morgan fingerprint density at radius 3 is 2.69 bits per heavy atom. The number of sulfonamides is 1. The van der Waals surface area contributed by atoms with Crippen molar-refractivity contribution in [3.8, 4) is 5.75 Å². The highest BCUT2D eigenvalue weighted by Crippen LogP contribution is 2.27. The van der Waals surface area contributed by atoms with Gasteiger partial charge in [-0.2, -0.15) is 5.01 Å². The number of fused-ring (bicyclic) bond motifs is 3. The third-order valence-corrected chi connectivity index (χ3v) is 5.50. The third kappa shape index (κ3) is 3.50. The molecule has 9 nitrogen and oxygen atoms in total. The van der Waals surface area contributed by atoms with E-state index in [-0.39, 0.29) is 23.8 Å². The molecule has 0 spiro atoms. The van der Waals surface area contributed by atoms with E-state index in [9.17, 15) is 13.2 Å².